The monoisotopic (exact) mass is 395 g/mol. The standard InChI is InChI=1S/C18H19Cl2N3O3/c1-18(2,9-24)23-8-13-14(16(25)22(4)17(26)21(13)3)15(23)11-6-5-10(19)7-12(11)20/h5-8,24H,9H2,1-4H3. The SMILES string of the molecule is Cn1c(=O)c2c(-c3ccc(Cl)cc3Cl)n(C(C)(C)CO)cc2n(C)c1=O. The number of aromatic nitrogens is 3. The Hall–Kier alpha value is -2.02. The van der Waals surface area contributed by atoms with Crippen LogP contribution in [-0.4, -0.2) is 25.4 Å². The van der Waals surface area contributed by atoms with Gasteiger partial charge in [0.25, 0.3) is 5.56 Å². The fraction of sp³-hybridized carbons (Fsp3) is 0.333. The highest BCUT2D eigenvalue weighted by molar-refractivity contribution is 6.36. The molecule has 26 heavy (non-hydrogen) atoms. The second kappa shape index (κ2) is 6.30. The van der Waals surface area contributed by atoms with E-state index in [1.807, 2.05) is 13.8 Å². The molecule has 0 saturated heterocycles. The average molecular weight is 396 g/mol. The van der Waals surface area contributed by atoms with Crippen molar-refractivity contribution >= 4 is 34.1 Å². The molecule has 2 aromatic heterocycles. The predicted octanol–water partition coefficient (Wildman–Crippen LogP) is 2.74. The summed E-state index contributed by atoms with van der Waals surface area (Å²) in [6, 6.07) is 5.01. The van der Waals surface area contributed by atoms with Crippen molar-refractivity contribution in [3.8, 4) is 11.3 Å². The number of aliphatic hydroxyl groups excluding tert-OH is 1. The van der Waals surface area contributed by atoms with E-state index < -0.39 is 16.8 Å². The molecule has 0 aliphatic rings. The zero-order valence-corrected chi connectivity index (χ0v) is 16.4. The molecule has 1 N–H and O–H groups in total. The third-order valence-corrected chi connectivity index (χ3v) is 5.21. The number of rotatable bonds is 3. The van der Waals surface area contributed by atoms with Gasteiger partial charge in [-0.05, 0) is 32.0 Å². The smallest absolute Gasteiger partial charge is 0.330 e. The predicted molar refractivity (Wildman–Crippen MR) is 104 cm³/mol. The van der Waals surface area contributed by atoms with Gasteiger partial charge in [0.05, 0.1) is 33.8 Å². The molecule has 0 atom stereocenters. The summed E-state index contributed by atoms with van der Waals surface area (Å²) in [5.74, 6) is 0. The molecule has 0 fully saturated rings. The van der Waals surface area contributed by atoms with Crippen LogP contribution in [0.4, 0.5) is 0 Å². The van der Waals surface area contributed by atoms with Gasteiger partial charge < -0.3 is 9.67 Å². The van der Waals surface area contributed by atoms with Gasteiger partial charge in [-0.3, -0.25) is 13.9 Å². The number of nitrogens with zero attached hydrogens (tertiary/aromatic N) is 3. The van der Waals surface area contributed by atoms with Crippen LogP contribution in [0.2, 0.25) is 10.0 Å². The largest absolute Gasteiger partial charge is 0.394 e. The first-order valence-electron chi connectivity index (χ1n) is 7.98. The minimum Gasteiger partial charge on any atom is -0.394 e. The van der Waals surface area contributed by atoms with Gasteiger partial charge in [-0.15, -0.1) is 0 Å². The van der Waals surface area contributed by atoms with Crippen molar-refractivity contribution in [1.29, 1.82) is 0 Å². The van der Waals surface area contributed by atoms with E-state index in [-0.39, 0.29) is 6.61 Å². The first-order chi connectivity index (χ1) is 12.1. The van der Waals surface area contributed by atoms with Crippen molar-refractivity contribution in [3.05, 3.63) is 55.3 Å². The highest BCUT2D eigenvalue weighted by atomic mass is 35.5. The molecule has 0 aliphatic carbocycles. The molecule has 0 amide bonds. The number of hydrogen-bond donors (Lipinski definition) is 1. The third-order valence-electron chi connectivity index (χ3n) is 4.66. The van der Waals surface area contributed by atoms with Crippen LogP contribution < -0.4 is 11.2 Å². The summed E-state index contributed by atoms with van der Waals surface area (Å²) in [6.07, 6.45) is 1.70. The van der Waals surface area contributed by atoms with E-state index in [0.717, 1.165) is 4.57 Å². The van der Waals surface area contributed by atoms with Crippen LogP contribution in [0.1, 0.15) is 13.8 Å². The maximum Gasteiger partial charge on any atom is 0.330 e. The zero-order chi connectivity index (χ0) is 19.4. The Bertz CT molecular complexity index is 1140. The van der Waals surface area contributed by atoms with E-state index in [2.05, 4.69) is 0 Å². The van der Waals surface area contributed by atoms with Crippen LogP contribution in [-0.2, 0) is 19.6 Å². The number of halogens is 2. The van der Waals surface area contributed by atoms with E-state index >= 15 is 0 Å². The Morgan fingerprint density at radius 1 is 1.12 bits per heavy atom. The van der Waals surface area contributed by atoms with Gasteiger partial charge in [-0.1, -0.05) is 23.2 Å². The van der Waals surface area contributed by atoms with Crippen molar-refractivity contribution in [3.63, 3.8) is 0 Å². The summed E-state index contributed by atoms with van der Waals surface area (Å²) in [4.78, 5) is 25.2. The molecule has 0 spiro atoms. The number of hydrogen-bond acceptors (Lipinski definition) is 3. The Kier molecular flexibility index (Phi) is 4.55. The summed E-state index contributed by atoms with van der Waals surface area (Å²) in [7, 11) is 3.04. The van der Waals surface area contributed by atoms with Crippen molar-refractivity contribution in [2.24, 2.45) is 14.1 Å². The lowest BCUT2D eigenvalue weighted by Gasteiger charge is -2.27. The molecule has 2 heterocycles. The molecule has 0 radical (unpaired) electrons. The van der Waals surface area contributed by atoms with Gasteiger partial charge in [0.1, 0.15) is 0 Å². The molecular weight excluding hydrogens is 377 g/mol. The summed E-state index contributed by atoms with van der Waals surface area (Å²) < 4.78 is 4.26. The van der Waals surface area contributed by atoms with Gasteiger partial charge >= 0.3 is 5.69 Å². The maximum absolute atomic E-state index is 12.9. The first-order valence-corrected chi connectivity index (χ1v) is 8.73. The highest BCUT2D eigenvalue weighted by Crippen LogP contribution is 2.37. The molecule has 0 saturated carbocycles. The number of aliphatic hydroxyl groups is 1. The highest BCUT2D eigenvalue weighted by Gasteiger charge is 2.28. The molecule has 3 rings (SSSR count). The van der Waals surface area contributed by atoms with E-state index in [9.17, 15) is 14.7 Å². The van der Waals surface area contributed by atoms with Gasteiger partial charge in [-0.25, -0.2) is 4.79 Å². The van der Waals surface area contributed by atoms with Crippen LogP contribution in [0.25, 0.3) is 22.2 Å². The minimum absolute atomic E-state index is 0.166. The zero-order valence-electron chi connectivity index (χ0n) is 14.9. The molecular formula is C18H19Cl2N3O3. The minimum atomic E-state index is -0.724. The Morgan fingerprint density at radius 2 is 1.77 bits per heavy atom. The van der Waals surface area contributed by atoms with Crippen molar-refractivity contribution < 1.29 is 5.11 Å². The normalized spacial score (nSPS) is 12.1. The Morgan fingerprint density at radius 3 is 2.35 bits per heavy atom. The Balaban J connectivity index is 2.60. The average Bonchev–Trinajstić information content (AvgIpc) is 2.99. The third kappa shape index (κ3) is 2.69. The fourth-order valence-electron chi connectivity index (χ4n) is 3.04. The van der Waals surface area contributed by atoms with Crippen molar-refractivity contribution in [2.45, 2.75) is 19.4 Å². The summed E-state index contributed by atoms with van der Waals surface area (Å²) in [5, 5.41) is 11.1. The summed E-state index contributed by atoms with van der Waals surface area (Å²) in [5.41, 5.74) is 0.0472. The van der Waals surface area contributed by atoms with E-state index in [0.29, 0.717) is 32.2 Å². The molecule has 8 heteroatoms. The van der Waals surface area contributed by atoms with Crippen molar-refractivity contribution in [1.82, 2.24) is 13.7 Å². The van der Waals surface area contributed by atoms with Crippen LogP contribution in [0.15, 0.2) is 34.0 Å². The van der Waals surface area contributed by atoms with Gasteiger partial charge in [0.15, 0.2) is 0 Å². The van der Waals surface area contributed by atoms with E-state index in [1.165, 1.54) is 11.6 Å². The van der Waals surface area contributed by atoms with Crippen LogP contribution in [0, 0.1) is 0 Å². The number of fused-ring (bicyclic) bond motifs is 1. The topological polar surface area (TPSA) is 69.2 Å². The van der Waals surface area contributed by atoms with Crippen LogP contribution in [0.5, 0.6) is 0 Å². The molecule has 6 nitrogen and oxygen atoms in total. The summed E-state index contributed by atoms with van der Waals surface area (Å²) in [6.45, 7) is 3.50. The molecule has 3 aromatic rings. The lowest BCUT2D eigenvalue weighted by atomic mass is 10.0. The first kappa shape index (κ1) is 18.8. The fourth-order valence-corrected chi connectivity index (χ4v) is 3.54. The van der Waals surface area contributed by atoms with Crippen LogP contribution in [0.3, 0.4) is 0 Å². The quantitative estimate of drug-likeness (QED) is 0.740. The second-order valence-corrected chi connectivity index (χ2v) is 7.75. The molecule has 0 unspecified atom stereocenters. The number of benzene rings is 1. The molecule has 0 aliphatic heterocycles. The van der Waals surface area contributed by atoms with Gasteiger partial charge in [0, 0.05) is 30.9 Å². The lowest BCUT2D eigenvalue weighted by Crippen LogP contribution is -2.36. The second-order valence-electron chi connectivity index (χ2n) is 6.91. The van der Waals surface area contributed by atoms with Crippen molar-refractivity contribution in [2.75, 3.05) is 6.61 Å². The van der Waals surface area contributed by atoms with E-state index in [4.69, 9.17) is 23.2 Å². The van der Waals surface area contributed by atoms with Gasteiger partial charge in [0.2, 0.25) is 0 Å². The van der Waals surface area contributed by atoms with Crippen LogP contribution >= 0.6 is 23.2 Å². The lowest BCUT2D eigenvalue weighted by molar-refractivity contribution is 0.166. The molecule has 1 aromatic carbocycles. The van der Waals surface area contributed by atoms with Gasteiger partial charge in [-0.2, -0.15) is 0 Å². The summed E-state index contributed by atoms with van der Waals surface area (Å²) >= 11 is 12.4. The maximum atomic E-state index is 12.9. The molecule has 0 bridgehead atoms. The van der Waals surface area contributed by atoms with E-state index in [1.54, 1.807) is 36.0 Å². The molecule has 138 valence electrons. The number of aryl methyl sites for hydroxylation is 1. The Labute approximate surface area is 159 Å².